The van der Waals surface area contributed by atoms with Crippen molar-refractivity contribution in [2.75, 3.05) is 0 Å². The Morgan fingerprint density at radius 2 is 1.73 bits per heavy atom. The number of carbonyl (C=O) groups excluding carboxylic acids is 1. The average molecular weight is 322 g/mol. The van der Waals surface area contributed by atoms with Gasteiger partial charge in [0.1, 0.15) is 22.7 Å². The molecule has 0 unspecified atom stereocenters. The first-order chi connectivity index (χ1) is 9.87. The molecule has 0 spiro atoms. The van der Waals surface area contributed by atoms with E-state index in [1.54, 1.807) is 20.8 Å². The Bertz CT molecular complexity index is 574. The van der Waals surface area contributed by atoms with E-state index in [1.807, 2.05) is 0 Å². The second-order valence-corrected chi connectivity index (χ2v) is 5.08. The lowest BCUT2D eigenvalue weighted by Gasteiger charge is -2.19. The van der Waals surface area contributed by atoms with Crippen LogP contribution in [0.2, 0.25) is 0 Å². The fourth-order valence-corrected chi connectivity index (χ4v) is 1.32. The smallest absolute Gasteiger partial charge is 0.478 e. The molecule has 0 heterocycles. The zero-order valence-corrected chi connectivity index (χ0v) is 11.9. The van der Waals surface area contributed by atoms with Gasteiger partial charge in [-0.3, -0.25) is 0 Å². The fraction of sp³-hybridized carbons (Fsp3) is 0.385. The zero-order chi connectivity index (χ0) is 17.1. The molecule has 0 radical (unpaired) electrons. The standard InChI is InChI=1S/C13H13F3O6/c1-12(2,3)22-11(19)20-9-5-4-7(21-13(14,15)16)6-8(9)10(17)18/h4-6H,1-3H3,(H,17,18). The van der Waals surface area contributed by atoms with Gasteiger partial charge >= 0.3 is 18.5 Å². The fourth-order valence-electron chi connectivity index (χ4n) is 1.32. The predicted octanol–water partition coefficient (Wildman–Crippen LogP) is 3.60. The van der Waals surface area contributed by atoms with E-state index in [2.05, 4.69) is 9.47 Å². The topological polar surface area (TPSA) is 82.1 Å². The summed E-state index contributed by atoms with van der Waals surface area (Å²) < 4.78 is 49.4. The van der Waals surface area contributed by atoms with Gasteiger partial charge in [0, 0.05) is 0 Å². The van der Waals surface area contributed by atoms with Crippen molar-refractivity contribution in [2.45, 2.75) is 32.7 Å². The van der Waals surface area contributed by atoms with Crippen LogP contribution in [0.25, 0.3) is 0 Å². The van der Waals surface area contributed by atoms with Crippen molar-refractivity contribution in [3.05, 3.63) is 23.8 Å². The van der Waals surface area contributed by atoms with Crippen LogP contribution in [0.5, 0.6) is 11.5 Å². The number of carbonyl (C=O) groups is 2. The van der Waals surface area contributed by atoms with Gasteiger partial charge in [0.25, 0.3) is 0 Å². The van der Waals surface area contributed by atoms with Crippen LogP contribution in [0.4, 0.5) is 18.0 Å². The third-order valence-electron chi connectivity index (χ3n) is 2.00. The van der Waals surface area contributed by atoms with E-state index in [-0.39, 0.29) is 0 Å². The molecule has 122 valence electrons. The van der Waals surface area contributed by atoms with Gasteiger partial charge in [-0.1, -0.05) is 0 Å². The third kappa shape index (κ3) is 5.90. The highest BCUT2D eigenvalue weighted by atomic mass is 19.4. The number of carboxylic acids is 1. The first-order valence-electron chi connectivity index (χ1n) is 5.91. The Kier molecular flexibility index (Phi) is 4.90. The lowest BCUT2D eigenvalue weighted by molar-refractivity contribution is -0.274. The van der Waals surface area contributed by atoms with Crippen LogP contribution in [-0.4, -0.2) is 29.2 Å². The molecular formula is C13H13F3O6. The van der Waals surface area contributed by atoms with Crippen molar-refractivity contribution < 1.29 is 42.1 Å². The zero-order valence-electron chi connectivity index (χ0n) is 11.9. The molecule has 9 heteroatoms. The highest BCUT2D eigenvalue weighted by Crippen LogP contribution is 2.29. The maximum absolute atomic E-state index is 12.1. The first kappa shape index (κ1) is 17.6. The maximum Gasteiger partial charge on any atom is 0.573 e. The summed E-state index contributed by atoms with van der Waals surface area (Å²) in [5.41, 5.74) is -1.55. The Balaban J connectivity index is 3.01. The SMILES string of the molecule is CC(C)(C)OC(=O)Oc1ccc(OC(F)(F)F)cc1C(=O)O. The Hall–Kier alpha value is -2.45. The van der Waals surface area contributed by atoms with Crippen molar-refractivity contribution in [3.8, 4) is 11.5 Å². The molecular weight excluding hydrogens is 309 g/mol. The highest BCUT2D eigenvalue weighted by Gasteiger charge is 2.32. The molecule has 6 nitrogen and oxygen atoms in total. The Morgan fingerprint density at radius 1 is 1.14 bits per heavy atom. The van der Waals surface area contributed by atoms with Crippen molar-refractivity contribution in [2.24, 2.45) is 0 Å². The lowest BCUT2D eigenvalue weighted by Crippen LogP contribution is -2.26. The summed E-state index contributed by atoms with van der Waals surface area (Å²) in [4.78, 5) is 22.5. The van der Waals surface area contributed by atoms with E-state index in [9.17, 15) is 22.8 Å². The molecule has 1 aromatic rings. The molecule has 0 saturated heterocycles. The van der Waals surface area contributed by atoms with Gasteiger partial charge in [0.2, 0.25) is 0 Å². The summed E-state index contributed by atoms with van der Waals surface area (Å²) in [5, 5.41) is 8.96. The van der Waals surface area contributed by atoms with Gasteiger partial charge in [0.15, 0.2) is 0 Å². The molecule has 0 saturated carbocycles. The van der Waals surface area contributed by atoms with E-state index >= 15 is 0 Å². The molecule has 0 fully saturated rings. The van der Waals surface area contributed by atoms with Crippen LogP contribution in [0.3, 0.4) is 0 Å². The molecule has 1 N–H and O–H groups in total. The van der Waals surface area contributed by atoms with Gasteiger partial charge in [-0.05, 0) is 39.0 Å². The van der Waals surface area contributed by atoms with Gasteiger partial charge < -0.3 is 19.3 Å². The molecule has 0 aliphatic heterocycles. The number of benzene rings is 1. The number of carboxylic acid groups (broad SMARTS) is 1. The summed E-state index contributed by atoms with van der Waals surface area (Å²) in [6.07, 6.45) is -6.15. The Labute approximate surface area is 123 Å². The van der Waals surface area contributed by atoms with Gasteiger partial charge in [-0.2, -0.15) is 0 Å². The molecule has 0 bridgehead atoms. The van der Waals surface area contributed by atoms with Crippen LogP contribution >= 0.6 is 0 Å². The van der Waals surface area contributed by atoms with E-state index in [0.717, 1.165) is 12.1 Å². The summed E-state index contributed by atoms with van der Waals surface area (Å²) in [6.45, 7) is 4.69. The minimum absolute atomic E-state index is 0.462. The van der Waals surface area contributed by atoms with E-state index in [0.29, 0.717) is 6.07 Å². The number of hydrogen-bond acceptors (Lipinski definition) is 5. The first-order valence-corrected chi connectivity index (χ1v) is 5.91. The molecule has 1 rings (SSSR count). The van der Waals surface area contributed by atoms with Crippen molar-refractivity contribution in [1.29, 1.82) is 0 Å². The number of hydrogen-bond donors (Lipinski definition) is 1. The lowest BCUT2D eigenvalue weighted by atomic mass is 10.2. The summed E-state index contributed by atoms with van der Waals surface area (Å²) >= 11 is 0. The second kappa shape index (κ2) is 6.12. The Morgan fingerprint density at radius 3 is 2.18 bits per heavy atom. The third-order valence-corrected chi connectivity index (χ3v) is 2.00. The monoisotopic (exact) mass is 322 g/mol. The molecule has 0 aromatic heterocycles. The van der Waals surface area contributed by atoms with Crippen molar-refractivity contribution >= 4 is 12.1 Å². The van der Waals surface area contributed by atoms with Gasteiger partial charge in [0.05, 0.1) is 0 Å². The maximum atomic E-state index is 12.1. The largest absolute Gasteiger partial charge is 0.573 e. The van der Waals surface area contributed by atoms with E-state index in [4.69, 9.17) is 9.84 Å². The molecule has 22 heavy (non-hydrogen) atoms. The molecule has 1 aromatic carbocycles. The van der Waals surface area contributed by atoms with Gasteiger partial charge in [-0.15, -0.1) is 13.2 Å². The molecule has 0 atom stereocenters. The summed E-state index contributed by atoms with van der Waals surface area (Å²) in [7, 11) is 0. The summed E-state index contributed by atoms with van der Waals surface area (Å²) in [6, 6.07) is 2.28. The van der Waals surface area contributed by atoms with Crippen molar-refractivity contribution in [1.82, 2.24) is 0 Å². The van der Waals surface area contributed by atoms with Crippen molar-refractivity contribution in [3.63, 3.8) is 0 Å². The molecule has 0 aliphatic rings. The van der Waals surface area contributed by atoms with Crippen LogP contribution in [0.1, 0.15) is 31.1 Å². The average Bonchev–Trinajstić information content (AvgIpc) is 2.26. The second-order valence-electron chi connectivity index (χ2n) is 5.08. The van der Waals surface area contributed by atoms with Gasteiger partial charge in [-0.25, -0.2) is 9.59 Å². The van der Waals surface area contributed by atoms with E-state index < -0.39 is 41.2 Å². The number of halogens is 3. The van der Waals surface area contributed by atoms with E-state index in [1.165, 1.54) is 0 Å². The molecule has 0 aliphatic carbocycles. The highest BCUT2D eigenvalue weighted by molar-refractivity contribution is 5.92. The van der Waals surface area contributed by atoms with Crippen LogP contribution < -0.4 is 9.47 Å². The molecule has 0 amide bonds. The van der Waals surface area contributed by atoms with Crippen LogP contribution in [0.15, 0.2) is 18.2 Å². The number of alkyl halides is 3. The summed E-state index contributed by atoms with van der Waals surface area (Å²) in [5.74, 6) is -2.80. The van der Waals surface area contributed by atoms with Crippen LogP contribution in [0, 0.1) is 0 Å². The number of aromatic carboxylic acids is 1. The number of ether oxygens (including phenoxy) is 3. The normalized spacial score (nSPS) is 11.7. The van der Waals surface area contributed by atoms with Crippen LogP contribution in [-0.2, 0) is 4.74 Å². The minimum atomic E-state index is -4.97. The predicted molar refractivity (Wildman–Crippen MR) is 66.9 cm³/mol. The minimum Gasteiger partial charge on any atom is -0.478 e. The quantitative estimate of drug-likeness (QED) is 0.676. The number of rotatable bonds is 3.